The Hall–Kier alpha value is -2.86. The van der Waals surface area contributed by atoms with Gasteiger partial charge in [0.25, 0.3) is 5.91 Å². The fraction of sp³-hybridized carbons (Fsp3) is 0.500. The van der Waals surface area contributed by atoms with Crippen molar-refractivity contribution in [2.45, 2.75) is 50.1 Å². The molecule has 34 heavy (non-hydrogen) atoms. The van der Waals surface area contributed by atoms with Gasteiger partial charge in [0.05, 0.1) is 19.1 Å². The number of nitrogens with one attached hydrogen (secondary N) is 1. The number of rotatable bonds is 5. The van der Waals surface area contributed by atoms with Crippen LogP contribution in [0.5, 0.6) is 5.75 Å². The van der Waals surface area contributed by atoms with Crippen molar-refractivity contribution in [3.8, 4) is 5.75 Å². The molecule has 5 rings (SSSR count). The van der Waals surface area contributed by atoms with Crippen LogP contribution in [-0.2, 0) is 4.79 Å². The van der Waals surface area contributed by atoms with Gasteiger partial charge in [-0.3, -0.25) is 9.59 Å². The van der Waals surface area contributed by atoms with E-state index in [1.54, 1.807) is 19.1 Å². The zero-order valence-corrected chi connectivity index (χ0v) is 20.2. The third-order valence-corrected chi connectivity index (χ3v) is 8.09. The topological polar surface area (TPSA) is 61.9 Å². The molecule has 0 radical (unpaired) electrons. The Labute approximate surface area is 202 Å². The quantitative estimate of drug-likeness (QED) is 0.732. The lowest BCUT2D eigenvalue weighted by atomic mass is 9.79. The minimum Gasteiger partial charge on any atom is -0.497 e. The number of ether oxygens (including phenoxy) is 1. The Kier molecular flexibility index (Phi) is 6.59. The lowest BCUT2D eigenvalue weighted by Gasteiger charge is -2.45. The monoisotopic (exact) mass is 461 g/mol. The molecule has 2 fully saturated rings. The number of likely N-dealkylation sites (N-methyl/N-ethyl adjacent to an activating group) is 1. The van der Waals surface area contributed by atoms with E-state index in [0.29, 0.717) is 24.1 Å². The molecule has 0 aliphatic carbocycles. The summed E-state index contributed by atoms with van der Waals surface area (Å²) in [4.78, 5) is 31.4. The molecule has 180 valence electrons. The molecule has 2 saturated heterocycles. The molecule has 0 saturated carbocycles. The standard InChI is InChI=1S/C28H35N3O3/c1-30-26(19-12-14-21(34-2)15-13-19)25(22-9-3-4-10-23(22)28(30)33)27(32)29-18-20-8-7-17-31-16-6-5-11-24(20)31/h3-4,9-10,12-15,20,24-26H,5-8,11,16-18H2,1-2H3,(H,29,32)/t20-,24+,25+,26+/m0/s1. The van der Waals surface area contributed by atoms with E-state index in [-0.39, 0.29) is 17.9 Å². The normalized spacial score (nSPS) is 27.0. The molecule has 2 aromatic carbocycles. The van der Waals surface area contributed by atoms with Crippen molar-refractivity contribution in [1.82, 2.24) is 15.1 Å². The SMILES string of the molecule is COc1ccc([C@@H]2[C@H](C(=O)NC[C@@H]3CCCN4CCCC[C@H]34)c3ccccc3C(=O)N2C)cc1. The van der Waals surface area contributed by atoms with Crippen LogP contribution in [0.3, 0.4) is 0 Å². The first kappa shape index (κ1) is 22.9. The summed E-state index contributed by atoms with van der Waals surface area (Å²) in [6, 6.07) is 15.5. The highest BCUT2D eigenvalue weighted by molar-refractivity contribution is 6.01. The molecule has 1 N–H and O–H groups in total. The lowest BCUT2D eigenvalue weighted by Crippen LogP contribution is -2.52. The van der Waals surface area contributed by atoms with Gasteiger partial charge in [-0.1, -0.05) is 36.8 Å². The third-order valence-electron chi connectivity index (χ3n) is 8.09. The van der Waals surface area contributed by atoms with Gasteiger partial charge in [0.2, 0.25) is 5.91 Å². The van der Waals surface area contributed by atoms with E-state index in [4.69, 9.17) is 4.74 Å². The number of carbonyl (C=O) groups excluding carboxylic acids is 2. The number of nitrogens with zero attached hydrogens (tertiary/aromatic N) is 2. The summed E-state index contributed by atoms with van der Waals surface area (Å²) < 4.78 is 5.32. The second kappa shape index (κ2) is 9.79. The van der Waals surface area contributed by atoms with Gasteiger partial charge in [-0.15, -0.1) is 0 Å². The van der Waals surface area contributed by atoms with Crippen molar-refractivity contribution in [1.29, 1.82) is 0 Å². The molecule has 6 heteroatoms. The Bertz CT molecular complexity index is 1040. The van der Waals surface area contributed by atoms with Crippen LogP contribution in [0.4, 0.5) is 0 Å². The van der Waals surface area contributed by atoms with Gasteiger partial charge >= 0.3 is 0 Å². The molecule has 0 aromatic heterocycles. The Morgan fingerprint density at radius 3 is 2.59 bits per heavy atom. The molecule has 0 spiro atoms. The molecule has 3 aliphatic heterocycles. The fourth-order valence-corrected chi connectivity index (χ4v) is 6.33. The van der Waals surface area contributed by atoms with E-state index in [9.17, 15) is 9.59 Å². The van der Waals surface area contributed by atoms with Crippen LogP contribution in [0, 0.1) is 5.92 Å². The number of amides is 2. The molecule has 0 unspecified atom stereocenters. The zero-order valence-electron chi connectivity index (χ0n) is 20.2. The Morgan fingerprint density at radius 1 is 1.03 bits per heavy atom. The van der Waals surface area contributed by atoms with E-state index in [2.05, 4.69) is 10.2 Å². The van der Waals surface area contributed by atoms with Crippen LogP contribution in [0.1, 0.15) is 65.5 Å². The number of fused-ring (bicyclic) bond motifs is 2. The average Bonchev–Trinajstić information content (AvgIpc) is 2.89. The van der Waals surface area contributed by atoms with Crippen LogP contribution in [0.25, 0.3) is 0 Å². The van der Waals surface area contributed by atoms with Gasteiger partial charge in [0, 0.05) is 25.2 Å². The number of carbonyl (C=O) groups is 2. The second-order valence-electron chi connectivity index (χ2n) is 9.95. The molecule has 0 bridgehead atoms. The highest BCUT2D eigenvalue weighted by Gasteiger charge is 2.43. The number of benzene rings is 2. The van der Waals surface area contributed by atoms with Crippen LogP contribution < -0.4 is 10.1 Å². The highest BCUT2D eigenvalue weighted by atomic mass is 16.5. The number of hydrogen-bond acceptors (Lipinski definition) is 4. The Morgan fingerprint density at radius 2 is 1.79 bits per heavy atom. The van der Waals surface area contributed by atoms with Gasteiger partial charge in [-0.2, -0.15) is 0 Å². The van der Waals surface area contributed by atoms with Crippen LogP contribution in [0.2, 0.25) is 0 Å². The summed E-state index contributed by atoms with van der Waals surface area (Å²) in [6.45, 7) is 3.08. The summed E-state index contributed by atoms with van der Waals surface area (Å²) in [7, 11) is 3.44. The zero-order chi connectivity index (χ0) is 23.7. The van der Waals surface area contributed by atoms with Gasteiger partial charge in [-0.05, 0) is 74.0 Å². The first-order chi connectivity index (χ1) is 16.6. The van der Waals surface area contributed by atoms with Gasteiger partial charge < -0.3 is 19.9 Å². The summed E-state index contributed by atoms with van der Waals surface area (Å²) in [5, 5.41) is 3.33. The fourth-order valence-electron chi connectivity index (χ4n) is 6.33. The van der Waals surface area contributed by atoms with Crippen molar-refractivity contribution >= 4 is 11.8 Å². The molecule has 3 aliphatic rings. The molecular formula is C28H35N3O3. The van der Waals surface area contributed by atoms with Crippen molar-refractivity contribution in [3.63, 3.8) is 0 Å². The number of hydrogen-bond donors (Lipinski definition) is 1. The van der Waals surface area contributed by atoms with E-state index in [1.165, 1.54) is 45.2 Å². The lowest BCUT2D eigenvalue weighted by molar-refractivity contribution is -0.124. The Balaban J connectivity index is 1.42. The minimum absolute atomic E-state index is 0.000510. The van der Waals surface area contributed by atoms with Crippen molar-refractivity contribution < 1.29 is 14.3 Å². The first-order valence-corrected chi connectivity index (χ1v) is 12.6. The van der Waals surface area contributed by atoms with Crippen molar-refractivity contribution in [2.24, 2.45) is 5.92 Å². The molecule has 4 atom stereocenters. The van der Waals surface area contributed by atoms with E-state index in [0.717, 1.165) is 16.9 Å². The van der Waals surface area contributed by atoms with Crippen LogP contribution >= 0.6 is 0 Å². The molecule has 3 heterocycles. The minimum atomic E-state index is -0.460. The van der Waals surface area contributed by atoms with Crippen molar-refractivity contribution in [2.75, 3.05) is 33.8 Å². The first-order valence-electron chi connectivity index (χ1n) is 12.6. The van der Waals surface area contributed by atoms with Crippen LogP contribution in [-0.4, -0.2) is 61.4 Å². The summed E-state index contributed by atoms with van der Waals surface area (Å²) in [5.41, 5.74) is 2.36. The summed E-state index contributed by atoms with van der Waals surface area (Å²) >= 11 is 0. The molecule has 6 nitrogen and oxygen atoms in total. The predicted molar refractivity (Wildman–Crippen MR) is 132 cm³/mol. The maximum Gasteiger partial charge on any atom is 0.254 e. The highest BCUT2D eigenvalue weighted by Crippen LogP contribution is 2.42. The van der Waals surface area contributed by atoms with Crippen molar-refractivity contribution in [3.05, 3.63) is 65.2 Å². The largest absolute Gasteiger partial charge is 0.497 e. The second-order valence-corrected chi connectivity index (χ2v) is 9.95. The maximum atomic E-state index is 13.8. The van der Waals surface area contributed by atoms with Gasteiger partial charge in [-0.25, -0.2) is 0 Å². The number of piperidine rings is 2. The van der Waals surface area contributed by atoms with E-state index in [1.807, 2.05) is 48.5 Å². The van der Waals surface area contributed by atoms with Gasteiger partial charge in [0.15, 0.2) is 0 Å². The van der Waals surface area contributed by atoms with Crippen LogP contribution in [0.15, 0.2) is 48.5 Å². The maximum absolute atomic E-state index is 13.8. The third kappa shape index (κ3) is 4.20. The average molecular weight is 462 g/mol. The summed E-state index contributed by atoms with van der Waals surface area (Å²) in [5.74, 6) is 0.740. The van der Waals surface area contributed by atoms with E-state index >= 15 is 0 Å². The molecule has 2 amide bonds. The summed E-state index contributed by atoms with van der Waals surface area (Å²) in [6.07, 6.45) is 6.18. The smallest absolute Gasteiger partial charge is 0.254 e. The molecule has 2 aromatic rings. The predicted octanol–water partition coefficient (Wildman–Crippen LogP) is 3.99. The van der Waals surface area contributed by atoms with Gasteiger partial charge in [0.1, 0.15) is 5.75 Å². The number of methoxy groups -OCH3 is 1. The van der Waals surface area contributed by atoms with E-state index < -0.39 is 5.92 Å². The molecular weight excluding hydrogens is 426 g/mol.